The molecule has 0 saturated carbocycles. The van der Waals surface area contributed by atoms with Gasteiger partial charge < -0.3 is 10.6 Å². The van der Waals surface area contributed by atoms with E-state index in [4.69, 9.17) is 5.26 Å². The average Bonchev–Trinajstić information content (AvgIpc) is 2.65. The summed E-state index contributed by atoms with van der Waals surface area (Å²) in [6.45, 7) is 5.94. The number of aryl methyl sites for hydroxylation is 3. The maximum absolute atomic E-state index is 12.5. The molecule has 0 aliphatic carbocycles. The fourth-order valence-corrected chi connectivity index (χ4v) is 2.90. The molecule has 3 rings (SSSR count). The molecule has 2 N–H and O–H groups in total. The summed E-state index contributed by atoms with van der Waals surface area (Å²) in [5.74, 6) is 0.137. The van der Waals surface area contributed by atoms with E-state index in [0.717, 1.165) is 22.4 Å². The Kier molecular flexibility index (Phi) is 5.13. The van der Waals surface area contributed by atoms with Gasteiger partial charge in [-0.3, -0.25) is 4.79 Å². The lowest BCUT2D eigenvalue weighted by atomic mass is 10.1. The van der Waals surface area contributed by atoms with Crippen LogP contribution in [-0.4, -0.2) is 16.1 Å². The van der Waals surface area contributed by atoms with Crippen LogP contribution in [0.25, 0.3) is 0 Å². The Hall–Kier alpha value is -3.72. The van der Waals surface area contributed by atoms with Crippen LogP contribution < -0.4 is 10.6 Å². The number of para-hydroxylation sites is 1. The number of carbonyl (C=O) groups is 1. The van der Waals surface area contributed by atoms with Crippen molar-refractivity contribution in [2.24, 2.45) is 0 Å². The SMILES string of the molecule is Cc1cc(C)c(NC(=O)c2ccc(Nc3ccccc3C#N)nn2)c(C)c1. The molecule has 0 aliphatic rings. The highest BCUT2D eigenvalue weighted by Crippen LogP contribution is 2.23. The van der Waals surface area contributed by atoms with Gasteiger partial charge in [0.1, 0.15) is 6.07 Å². The van der Waals surface area contributed by atoms with Crippen LogP contribution in [0.4, 0.5) is 17.2 Å². The fraction of sp³-hybridized carbons (Fsp3) is 0.143. The van der Waals surface area contributed by atoms with E-state index in [0.29, 0.717) is 17.1 Å². The molecule has 6 heteroatoms. The summed E-state index contributed by atoms with van der Waals surface area (Å²) in [5.41, 5.74) is 5.30. The van der Waals surface area contributed by atoms with Crippen molar-refractivity contribution < 1.29 is 4.79 Å². The Morgan fingerprint density at radius 3 is 2.33 bits per heavy atom. The zero-order valence-electron chi connectivity index (χ0n) is 15.4. The van der Waals surface area contributed by atoms with E-state index in [9.17, 15) is 4.79 Å². The molecule has 0 atom stereocenters. The first-order valence-electron chi connectivity index (χ1n) is 8.47. The summed E-state index contributed by atoms with van der Waals surface area (Å²) in [7, 11) is 0. The van der Waals surface area contributed by atoms with E-state index < -0.39 is 0 Å². The van der Waals surface area contributed by atoms with Crippen LogP contribution in [-0.2, 0) is 0 Å². The van der Waals surface area contributed by atoms with Gasteiger partial charge in [-0.1, -0.05) is 29.8 Å². The normalized spacial score (nSPS) is 10.1. The summed E-state index contributed by atoms with van der Waals surface area (Å²) in [5, 5.41) is 23.1. The second-order valence-corrected chi connectivity index (χ2v) is 6.31. The molecule has 134 valence electrons. The number of carbonyl (C=O) groups excluding carboxylic acids is 1. The molecule has 0 unspecified atom stereocenters. The molecule has 0 radical (unpaired) electrons. The maximum Gasteiger partial charge on any atom is 0.276 e. The standard InChI is InChI=1S/C21H19N5O/c1-13-10-14(2)20(15(3)11-13)24-21(27)18-8-9-19(26-25-18)23-17-7-5-4-6-16(17)12-22/h4-11H,1-3H3,(H,23,26)(H,24,27). The third-order valence-electron chi connectivity index (χ3n) is 4.12. The Bertz CT molecular complexity index is 1010. The van der Waals surface area contributed by atoms with E-state index in [1.165, 1.54) is 0 Å². The van der Waals surface area contributed by atoms with E-state index in [2.05, 4.69) is 26.9 Å². The number of nitriles is 1. The lowest BCUT2D eigenvalue weighted by Gasteiger charge is -2.12. The molecule has 1 heterocycles. The lowest BCUT2D eigenvalue weighted by Crippen LogP contribution is -2.16. The molecule has 1 amide bonds. The summed E-state index contributed by atoms with van der Waals surface area (Å²) >= 11 is 0. The van der Waals surface area contributed by atoms with Gasteiger partial charge >= 0.3 is 0 Å². The van der Waals surface area contributed by atoms with Gasteiger partial charge in [-0.2, -0.15) is 5.26 Å². The van der Waals surface area contributed by atoms with Gasteiger partial charge in [0.25, 0.3) is 5.91 Å². The zero-order chi connectivity index (χ0) is 19.4. The van der Waals surface area contributed by atoms with Gasteiger partial charge in [0.05, 0.1) is 11.3 Å². The van der Waals surface area contributed by atoms with Crippen LogP contribution in [0.2, 0.25) is 0 Å². The maximum atomic E-state index is 12.5. The van der Waals surface area contributed by atoms with Crippen molar-refractivity contribution in [2.45, 2.75) is 20.8 Å². The van der Waals surface area contributed by atoms with Crippen molar-refractivity contribution in [2.75, 3.05) is 10.6 Å². The van der Waals surface area contributed by atoms with Crippen molar-refractivity contribution in [1.82, 2.24) is 10.2 Å². The predicted octanol–water partition coefficient (Wildman–Crippen LogP) is 4.27. The van der Waals surface area contributed by atoms with Crippen molar-refractivity contribution in [3.05, 3.63) is 76.5 Å². The summed E-state index contributed by atoms with van der Waals surface area (Å²) in [4.78, 5) is 12.5. The molecule has 1 aromatic heterocycles. The molecule has 0 bridgehead atoms. The minimum atomic E-state index is -0.318. The van der Waals surface area contributed by atoms with Gasteiger partial charge in [-0.15, -0.1) is 10.2 Å². The number of rotatable bonds is 4. The number of amides is 1. The van der Waals surface area contributed by atoms with E-state index in [1.807, 2.05) is 39.0 Å². The predicted molar refractivity (Wildman–Crippen MR) is 105 cm³/mol. The molecular formula is C21H19N5O. The summed E-state index contributed by atoms with van der Waals surface area (Å²) < 4.78 is 0. The zero-order valence-corrected chi connectivity index (χ0v) is 15.4. The van der Waals surface area contributed by atoms with E-state index >= 15 is 0 Å². The number of benzene rings is 2. The van der Waals surface area contributed by atoms with Crippen LogP contribution in [0.1, 0.15) is 32.7 Å². The molecule has 27 heavy (non-hydrogen) atoms. The second-order valence-electron chi connectivity index (χ2n) is 6.31. The number of hydrogen-bond acceptors (Lipinski definition) is 5. The monoisotopic (exact) mass is 357 g/mol. The van der Waals surface area contributed by atoms with Crippen molar-refractivity contribution in [3.63, 3.8) is 0 Å². The van der Waals surface area contributed by atoms with Crippen molar-refractivity contribution in [1.29, 1.82) is 5.26 Å². The van der Waals surface area contributed by atoms with Gasteiger partial charge in [0.2, 0.25) is 0 Å². The van der Waals surface area contributed by atoms with Gasteiger partial charge in [-0.05, 0) is 56.2 Å². The van der Waals surface area contributed by atoms with Gasteiger partial charge in [0, 0.05) is 5.69 Å². The number of aromatic nitrogens is 2. The first-order valence-corrected chi connectivity index (χ1v) is 8.47. The lowest BCUT2D eigenvalue weighted by molar-refractivity contribution is 0.102. The minimum absolute atomic E-state index is 0.216. The number of hydrogen-bond donors (Lipinski definition) is 2. The Balaban J connectivity index is 1.76. The Morgan fingerprint density at radius 1 is 1.00 bits per heavy atom. The third-order valence-corrected chi connectivity index (χ3v) is 4.12. The number of nitrogens with one attached hydrogen (secondary N) is 2. The average molecular weight is 357 g/mol. The van der Waals surface area contributed by atoms with Gasteiger partial charge in [0.15, 0.2) is 11.5 Å². The molecular weight excluding hydrogens is 338 g/mol. The minimum Gasteiger partial charge on any atom is -0.338 e. The quantitative estimate of drug-likeness (QED) is 0.728. The highest BCUT2D eigenvalue weighted by atomic mass is 16.1. The van der Waals surface area contributed by atoms with E-state index in [-0.39, 0.29) is 11.6 Å². The molecule has 3 aromatic rings. The molecule has 0 aliphatic heterocycles. The highest BCUT2D eigenvalue weighted by molar-refractivity contribution is 6.03. The summed E-state index contributed by atoms with van der Waals surface area (Å²) in [6.07, 6.45) is 0. The van der Waals surface area contributed by atoms with Crippen LogP contribution in [0.15, 0.2) is 48.5 Å². The summed E-state index contributed by atoms with van der Waals surface area (Å²) in [6, 6.07) is 16.5. The first-order chi connectivity index (χ1) is 13.0. The fourth-order valence-electron chi connectivity index (χ4n) is 2.90. The second kappa shape index (κ2) is 7.67. The molecule has 0 spiro atoms. The van der Waals surface area contributed by atoms with Crippen LogP contribution >= 0.6 is 0 Å². The topological polar surface area (TPSA) is 90.7 Å². The first kappa shape index (κ1) is 18.1. The molecule has 0 saturated heterocycles. The molecule has 2 aromatic carbocycles. The van der Waals surface area contributed by atoms with Crippen LogP contribution in [0, 0.1) is 32.1 Å². The van der Waals surface area contributed by atoms with Crippen molar-refractivity contribution >= 4 is 23.1 Å². The van der Waals surface area contributed by atoms with Gasteiger partial charge in [-0.25, -0.2) is 0 Å². The van der Waals surface area contributed by atoms with Crippen LogP contribution in [0.3, 0.4) is 0 Å². The largest absolute Gasteiger partial charge is 0.338 e. The smallest absolute Gasteiger partial charge is 0.276 e. The highest BCUT2D eigenvalue weighted by Gasteiger charge is 2.12. The number of nitrogens with zero attached hydrogens (tertiary/aromatic N) is 3. The molecule has 0 fully saturated rings. The van der Waals surface area contributed by atoms with Crippen molar-refractivity contribution in [3.8, 4) is 6.07 Å². The van der Waals surface area contributed by atoms with Crippen LogP contribution in [0.5, 0.6) is 0 Å². The number of anilines is 3. The van der Waals surface area contributed by atoms with E-state index in [1.54, 1.807) is 30.3 Å². The Morgan fingerprint density at radius 2 is 1.70 bits per heavy atom. The molecule has 6 nitrogen and oxygen atoms in total. The third kappa shape index (κ3) is 4.10. The Labute approximate surface area is 157 Å².